The molecule has 0 radical (unpaired) electrons. The molecule has 0 N–H and O–H groups in total. The Bertz CT molecular complexity index is 627. The number of benzene rings is 2. The fraction of sp³-hybridized carbons (Fsp3) is 0.133. The number of nitrogens with zero attached hydrogens (tertiary/aromatic N) is 1. The number of para-hydroxylation sites is 1. The number of carbonyl (C=O) groups excluding carboxylic acids is 1. The van der Waals surface area contributed by atoms with Crippen LogP contribution in [0.15, 0.2) is 46.9 Å². The molecule has 4 heteroatoms. The van der Waals surface area contributed by atoms with Gasteiger partial charge in [0.05, 0.1) is 5.56 Å². The number of halogens is 2. The first-order valence-electron chi connectivity index (χ1n) is 5.79. The van der Waals surface area contributed by atoms with Crippen LogP contribution in [0.1, 0.15) is 15.9 Å². The standard InChI is InChI=1S/C15H13BrINO/c1-10-5-3-4-6-14(10)18(2)15(19)12-9-11(16)7-8-13(12)17/h3-9H,1-2H3. The van der Waals surface area contributed by atoms with E-state index in [2.05, 4.69) is 38.5 Å². The molecule has 2 aromatic rings. The lowest BCUT2D eigenvalue weighted by atomic mass is 10.1. The Balaban J connectivity index is 2.39. The van der Waals surface area contributed by atoms with Crippen LogP contribution in [-0.2, 0) is 0 Å². The van der Waals surface area contributed by atoms with E-state index < -0.39 is 0 Å². The fourth-order valence-electron chi connectivity index (χ4n) is 1.89. The highest BCUT2D eigenvalue weighted by Crippen LogP contribution is 2.24. The van der Waals surface area contributed by atoms with Crippen LogP contribution in [0.25, 0.3) is 0 Å². The van der Waals surface area contributed by atoms with Gasteiger partial charge in [-0.3, -0.25) is 4.79 Å². The van der Waals surface area contributed by atoms with Gasteiger partial charge in [0.15, 0.2) is 0 Å². The highest BCUT2D eigenvalue weighted by atomic mass is 127. The molecule has 0 spiro atoms. The molecule has 0 aliphatic heterocycles. The van der Waals surface area contributed by atoms with Crippen LogP contribution in [0.4, 0.5) is 5.69 Å². The van der Waals surface area contributed by atoms with Gasteiger partial charge < -0.3 is 4.90 Å². The largest absolute Gasteiger partial charge is 0.311 e. The van der Waals surface area contributed by atoms with E-state index in [0.29, 0.717) is 5.56 Å². The Morgan fingerprint density at radius 3 is 2.58 bits per heavy atom. The monoisotopic (exact) mass is 429 g/mol. The number of hydrogen-bond donors (Lipinski definition) is 0. The second-order valence-electron chi connectivity index (χ2n) is 4.27. The summed E-state index contributed by atoms with van der Waals surface area (Å²) in [6.45, 7) is 2.00. The predicted molar refractivity (Wildman–Crippen MR) is 90.8 cm³/mol. The fourth-order valence-corrected chi connectivity index (χ4v) is 2.82. The molecule has 0 aromatic heterocycles. The summed E-state index contributed by atoms with van der Waals surface area (Å²) in [6.07, 6.45) is 0. The number of aryl methyl sites for hydroxylation is 1. The average Bonchev–Trinajstić information content (AvgIpc) is 2.40. The van der Waals surface area contributed by atoms with Crippen molar-refractivity contribution in [3.05, 3.63) is 61.6 Å². The smallest absolute Gasteiger partial charge is 0.259 e. The first-order chi connectivity index (χ1) is 9.00. The van der Waals surface area contributed by atoms with Crippen LogP contribution in [0.2, 0.25) is 0 Å². The minimum absolute atomic E-state index is 0.000000000000000444. The minimum Gasteiger partial charge on any atom is -0.311 e. The van der Waals surface area contributed by atoms with E-state index in [9.17, 15) is 4.79 Å². The summed E-state index contributed by atoms with van der Waals surface area (Å²) >= 11 is 5.60. The van der Waals surface area contributed by atoms with Crippen molar-refractivity contribution in [1.29, 1.82) is 0 Å². The first-order valence-corrected chi connectivity index (χ1v) is 7.66. The average molecular weight is 430 g/mol. The van der Waals surface area contributed by atoms with E-state index in [1.54, 1.807) is 4.90 Å². The van der Waals surface area contributed by atoms with Gasteiger partial charge in [0.2, 0.25) is 0 Å². The Labute approximate surface area is 135 Å². The van der Waals surface area contributed by atoms with Gasteiger partial charge in [-0.25, -0.2) is 0 Å². The van der Waals surface area contributed by atoms with Crippen LogP contribution in [0, 0.1) is 10.5 Å². The summed E-state index contributed by atoms with van der Waals surface area (Å²) in [5.41, 5.74) is 2.73. The summed E-state index contributed by atoms with van der Waals surface area (Å²) in [4.78, 5) is 14.3. The maximum Gasteiger partial charge on any atom is 0.259 e. The molecule has 98 valence electrons. The van der Waals surface area contributed by atoms with Crippen LogP contribution >= 0.6 is 38.5 Å². The molecule has 0 aliphatic rings. The molecule has 2 aromatic carbocycles. The summed E-state index contributed by atoms with van der Waals surface area (Å²) in [7, 11) is 1.81. The number of amides is 1. The minimum atomic E-state index is 0.000000000000000444. The molecule has 0 bridgehead atoms. The van der Waals surface area contributed by atoms with Crippen molar-refractivity contribution in [1.82, 2.24) is 0 Å². The third kappa shape index (κ3) is 3.17. The van der Waals surface area contributed by atoms with Gasteiger partial charge in [0.1, 0.15) is 0 Å². The molecular weight excluding hydrogens is 417 g/mol. The second kappa shape index (κ2) is 6.05. The van der Waals surface area contributed by atoms with E-state index in [0.717, 1.165) is 19.3 Å². The summed E-state index contributed by atoms with van der Waals surface area (Å²) in [5, 5.41) is 0. The third-order valence-electron chi connectivity index (χ3n) is 2.94. The van der Waals surface area contributed by atoms with Crippen molar-refractivity contribution in [3.8, 4) is 0 Å². The predicted octanol–water partition coefficient (Wildman–Crippen LogP) is 4.64. The van der Waals surface area contributed by atoms with Crippen molar-refractivity contribution >= 4 is 50.1 Å². The lowest BCUT2D eigenvalue weighted by molar-refractivity contribution is 0.0992. The van der Waals surface area contributed by atoms with E-state index in [1.165, 1.54) is 0 Å². The van der Waals surface area contributed by atoms with Gasteiger partial charge in [0.25, 0.3) is 5.91 Å². The molecule has 0 atom stereocenters. The molecule has 0 saturated carbocycles. The molecule has 0 saturated heterocycles. The van der Waals surface area contributed by atoms with Gasteiger partial charge in [-0.05, 0) is 59.3 Å². The lowest BCUT2D eigenvalue weighted by Gasteiger charge is -2.20. The van der Waals surface area contributed by atoms with Gasteiger partial charge in [-0.1, -0.05) is 34.1 Å². The molecule has 0 aliphatic carbocycles. The van der Waals surface area contributed by atoms with Crippen molar-refractivity contribution in [2.75, 3.05) is 11.9 Å². The van der Waals surface area contributed by atoms with Gasteiger partial charge in [-0.15, -0.1) is 0 Å². The zero-order valence-corrected chi connectivity index (χ0v) is 14.4. The Morgan fingerprint density at radius 1 is 1.21 bits per heavy atom. The molecule has 19 heavy (non-hydrogen) atoms. The van der Waals surface area contributed by atoms with Gasteiger partial charge in [-0.2, -0.15) is 0 Å². The summed E-state index contributed by atoms with van der Waals surface area (Å²) in [6, 6.07) is 13.6. The lowest BCUT2D eigenvalue weighted by Crippen LogP contribution is -2.27. The quantitative estimate of drug-likeness (QED) is 0.637. The maximum absolute atomic E-state index is 12.6. The zero-order chi connectivity index (χ0) is 14.0. The highest BCUT2D eigenvalue weighted by molar-refractivity contribution is 14.1. The SMILES string of the molecule is Cc1ccccc1N(C)C(=O)c1cc(Br)ccc1I. The normalized spacial score (nSPS) is 10.3. The number of anilines is 1. The maximum atomic E-state index is 12.6. The molecule has 0 heterocycles. The van der Waals surface area contributed by atoms with E-state index in [4.69, 9.17) is 0 Å². The van der Waals surface area contributed by atoms with Crippen LogP contribution < -0.4 is 4.90 Å². The van der Waals surface area contributed by atoms with Crippen LogP contribution in [-0.4, -0.2) is 13.0 Å². The molecule has 0 unspecified atom stereocenters. The Morgan fingerprint density at radius 2 is 1.89 bits per heavy atom. The number of rotatable bonds is 2. The molecule has 1 amide bonds. The number of carbonyl (C=O) groups is 1. The van der Waals surface area contributed by atoms with Crippen molar-refractivity contribution in [2.45, 2.75) is 6.92 Å². The van der Waals surface area contributed by atoms with E-state index >= 15 is 0 Å². The van der Waals surface area contributed by atoms with Crippen molar-refractivity contribution in [3.63, 3.8) is 0 Å². The third-order valence-corrected chi connectivity index (χ3v) is 4.37. The molecule has 0 fully saturated rings. The molecule has 2 rings (SSSR count). The first kappa shape index (κ1) is 14.5. The van der Waals surface area contributed by atoms with Gasteiger partial charge in [0, 0.05) is 20.8 Å². The van der Waals surface area contributed by atoms with E-state index in [1.807, 2.05) is 56.4 Å². The molecule has 2 nitrogen and oxygen atoms in total. The van der Waals surface area contributed by atoms with Crippen molar-refractivity contribution < 1.29 is 4.79 Å². The number of hydrogen-bond acceptors (Lipinski definition) is 1. The highest BCUT2D eigenvalue weighted by Gasteiger charge is 2.17. The molecular formula is C15H13BrINO. The Hall–Kier alpha value is -0.880. The van der Waals surface area contributed by atoms with Crippen LogP contribution in [0.3, 0.4) is 0 Å². The second-order valence-corrected chi connectivity index (χ2v) is 6.35. The van der Waals surface area contributed by atoms with Crippen molar-refractivity contribution in [2.24, 2.45) is 0 Å². The summed E-state index contributed by atoms with van der Waals surface area (Å²) in [5.74, 6) is 0.000000000000000444. The summed E-state index contributed by atoms with van der Waals surface area (Å²) < 4.78 is 1.86. The van der Waals surface area contributed by atoms with Crippen LogP contribution in [0.5, 0.6) is 0 Å². The Kier molecular flexibility index (Phi) is 4.62. The zero-order valence-electron chi connectivity index (χ0n) is 10.7. The van der Waals surface area contributed by atoms with Gasteiger partial charge >= 0.3 is 0 Å². The van der Waals surface area contributed by atoms with E-state index in [-0.39, 0.29) is 5.91 Å². The topological polar surface area (TPSA) is 20.3 Å².